The molecule has 0 fully saturated rings. The van der Waals surface area contributed by atoms with Gasteiger partial charge >= 0.3 is 0 Å². The number of para-hydroxylation sites is 1. The topological polar surface area (TPSA) is 41.5 Å². The van der Waals surface area contributed by atoms with Crippen LogP contribution in [0.15, 0.2) is 36.4 Å². The molecule has 0 heterocycles. The Morgan fingerprint density at radius 3 is 2.68 bits per heavy atom. The van der Waals surface area contributed by atoms with Crippen molar-refractivity contribution in [1.82, 2.24) is 5.32 Å². The van der Waals surface area contributed by atoms with Gasteiger partial charge in [-0.2, -0.15) is 0 Å². The van der Waals surface area contributed by atoms with Crippen LogP contribution < -0.4 is 10.1 Å². The first-order valence-corrected chi connectivity index (χ1v) is 7.90. The molecule has 2 rings (SSSR count). The normalized spacial score (nSPS) is 12.2. The number of hydrogen-bond donors (Lipinski definition) is 2. The summed E-state index contributed by atoms with van der Waals surface area (Å²) in [6.07, 6.45) is 0. The highest BCUT2D eigenvalue weighted by Crippen LogP contribution is 2.31. The van der Waals surface area contributed by atoms with Crippen molar-refractivity contribution in [2.24, 2.45) is 0 Å². The van der Waals surface area contributed by atoms with Gasteiger partial charge in [-0.1, -0.05) is 41.4 Å². The van der Waals surface area contributed by atoms with Gasteiger partial charge < -0.3 is 15.2 Å². The molecule has 2 N–H and O–H groups in total. The maximum atomic E-state index is 10.2. The molecule has 0 unspecified atom stereocenters. The predicted octanol–water partition coefficient (Wildman–Crippen LogP) is 4.95. The van der Waals surface area contributed by atoms with Crippen LogP contribution in [-0.4, -0.2) is 11.7 Å². The number of halogens is 2. The summed E-state index contributed by atoms with van der Waals surface area (Å²) in [5.74, 6) is 0.672. The van der Waals surface area contributed by atoms with E-state index in [9.17, 15) is 5.11 Å². The van der Waals surface area contributed by atoms with E-state index in [0.29, 0.717) is 28.9 Å². The van der Waals surface area contributed by atoms with Crippen molar-refractivity contribution in [2.45, 2.75) is 26.4 Å². The van der Waals surface area contributed by atoms with Crippen LogP contribution in [0.4, 0.5) is 0 Å². The molecule has 0 aliphatic carbocycles. The van der Waals surface area contributed by atoms with Gasteiger partial charge in [0.15, 0.2) is 11.5 Å². The molecule has 0 aliphatic rings. The fraction of sp³-hybridized carbons (Fsp3) is 0.294. The van der Waals surface area contributed by atoms with Gasteiger partial charge in [-0.05, 0) is 37.6 Å². The molecule has 5 heteroatoms. The Morgan fingerprint density at radius 2 is 2.00 bits per heavy atom. The van der Waals surface area contributed by atoms with Crippen LogP contribution in [-0.2, 0) is 6.54 Å². The molecular formula is C17H19Cl2NO2. The number of hydrogen-bond acceptors (Lipinski definition) is 3. The first-order valence-electron chi connectivity index (χ1n) is 7.15. The zero-order valence-corrected chi connectivity index (χ0v) is 14.1. The summed E-state index contributed by atoms with van der Waals surface area (Å²) in [5, 5.41) is 14.8. The number of phenols is 1. The molecular weight excluding hydrogens is 321 g/mol. The molecule has 22 heavy (non-hydrogen) atoms. The van der Waals surface area contributed by atoms with Crippen LogP contribution in [0.1, 0.15) is 31.0 Å². The molecule has 0 saturated heterocycles. The van der Waals surface area contributed by atoms with Gasteiger partial charge in [-0.25, -0.2) is 0 Å². The van der Waals surface area contributed by atoms with Gasteiger partial charge in [-0.15, -0.1) is 0 Å². The second-order valence-electron chi connectivity index (χ2n) is 4.97. The second-order valence-corrected chi connectivity index (χ2v) is 5.81. The number of phenolic OH excluding ortho intramolecular Hbond substituents is 1. The molecule has 2 aromatic carbocycles. The van der Waals surface area contributed by atoms with Crippen LogP contribution in [0.2, 0.25) is 10.0 Å². The van der Waals surface area contributed by atoms with E-state index in [4.69, 9.17) is 27.9 Å². The summed E-state index contributed by atoms with van der Waals surface area (Å²) in [7, 11) is 0. The van der Waals surface area contributed by atoms with Gasteiger partial charge in [0.05, 0.1) is 6.61 Å². The molecule has 0 amide bonds. The molecule has 0 aromatic heterocycles. The lowest BCUT2D eigenvalue weighted by molar-refractivity contribution is 0.316. The monoisotopic (exact) mass is 339 g/mol. The van der Waals surface area contributed by atoms with Gasteiger partial charge in [0.2, 0.25) is 0 Å². The summed E-state index contributed by atoms with van der Waals surface area (Å²) >= 11 is 12.1. The lowest BCUT2D eigenvalue weighted by atomic mass is 10.1. The molecule has 1 atom stereocenters. The van der Waals surface area contributed by atoms with E-state index in [1.807, 2.05) is 38.1 Å². The molecule has 3 nitrogen and oxygen atoms in total. The third-order valence-corrected chi connectivity index (χ3v) is 3.97. The lowest BCUT2D eigenvalue weighted by Gasteiger charge is -2.17. The smallest absolute Gasteiger partial charge is 0.162 e. The summed E-state index contributed by atoms with van der Waals surface area (Å²) in [4.78, 5) is 0. The molecule has 2 aromatic rings. The Kier molecular flexibility index (Phi) is 5.95. The lowest BCUT2D eigenvalue weighted by Crippen LogP contribution is -2.18. The number of nitrogens with one attached hydrogen (secondary N) is 1. The van der Waals surface area contributed by atoms with Crippen LogP contribution in [0.25, 0.3) is 0 Å². The number of aromatic hydroxyl groups is 1. The van der Waals surface area contributed by atoms with Gasteiger partial charge in [0, 0.05) is 28.2 Å². The second kappa shape index (κ2) is 7.73. The minimum atomic E-state index is 0.0277. The first kappa shape index (κ1) is 16.9. The maximum absolute atomic E-state index is 10.2. The summed E-state index contributed by atoms with van der Waals surface area (Å²) in [6.45, 7) is 4.92. The van der Waals surface area contributed by atoms with Crippen molar-refractivity contribution in [3.05, 3.63) is 57.6 Å². The number of benzene rings is 2. The van der Waals surface area contributed by atoms with Gasteiger partial charge in [0.25, 0.3) is 0 Å². The average Bonchev–Trinajstić information content (AvgIpc) is 2.48. The van der Waals surface area contributed by atoms with Crippen LogP contribution in [0, 0.1) is 0 Å². The quantitative estimate of drug-likeness (QED) is 0.782. The fourth-order valence-corrected chi connectivity index (χ4v) is 2.78. The molecule has 0 spiro atoms. The fourth-order valence-electron chi connectivity index (χ4n) is 2.21. The third-order valence-electron chi connectivity index (χ3n) is 3.41. The number of rotatable bonds is 6. The highest BCUT2D eigenvalue weighted by Gasteiger charge is 2.12. The van der Waals surface area contributed by atoms with Gasteiger partial charge in [0.1, 0.15) is 0 Å². The zero-order valence-electron chi connectivity index (χ0n) is 12.6. The van der Waals surface area contributed by atoms with Crippen molar-refractivity contribution >= 4 is 23.2 Å². The van der Waals surface area contributed by atoms with Crippen molar-refractivity contribution in [3.8, 4) is 11.5 Å². The number of ether oxygens (including phenoxy) is 1. The van der Waals surface area contributed by atoms with E-state index in [1.165, 1.54) is 0 Å². The van der Waals surface area contributed by atoms with Gasteiger partial charge in [-0.3, -0.25) is 0 Å². The standard InChI is InChI=1S/C17H19Cl2NO2/c1-3-22-16-6-4-5-12(17(16)21)10-20-11(2)14-8-7-13(18)9-15(14)19/h4-9,11,20-21H,3,10H2,1-2H3/t11-/m0/s1. The van der Waals surface area contributed by atoms with Crippen molar-refractivity contribution < 1.29 is 9.84 Å². The molecule has 0 saturated carbocycles. The van der Waals surface area contributed by atoms with E-state index in [-0.39, 0.29) is 11.8 Å². The minimum absolute atomic E-state index is 0.0277. The van der Waals surface area contributed by atoms with E-state index in [1.54, 1.807) is 12.1 Å². The van der Waals surface area contributed by atoms with E-state index < -0.39 is 0 Å². The molecule has 118 valence electrons. The van der Waals surface area contributed by atoms with Crippen LogP contribution in [0.3, 0.4) is 0 Å². The SMILES string of the molecule is CCOc1cccc(CN[C@@H](C)c2ccc(Cl)cc2Cl)c1O. The van der Waals surface area contributed by atoms with E-state index >= 15 is 0 Å². The van der Waals surface area contributed by atoms with Crippen molar-refractivity contribution in [3.63, 3.8) is 0 Å². The van der Waals surface area contributed by atoms with E-state index in [2.05, 4.69) is 5.32 Å². The molecule has 0 radical (unpaired) electrons. The third kappa shape index (κ3) is 4.07. The van der Waals surface area contributed by atoms with Crippen LogP contribution in [0.5, 0.6) is 11.5 Å². The Bertz CT molecular complexity index is 647. The van der Waals surface area contributed by atoms with E-state index in [0.717, 1.165) is 11.1 Å². The summed E-state index contributed by atoms with van der Waals surface area (Å²) in [5.41, 5.74) is 1.74. The Hall–Kier alpha value is -1.42. The van der Waals surface area contributed by atoms with Crippen molar-refractivity contribution in [2.75, 3.05) is 6.61 Å². The molecule has 0 bridgehead atoms. The Morgan fingerprint density at radius 1 is 1.23 bits per heavy atom. The zero-order chi connectivity index (χ0) is 16.1. The van der Waals surface area contributed by atoms with Crippen LogP contribution >= 0.6 is 23.2 Å². The first-order chi connectivity index (χ1) is 10.5. The Balaban J connectivity index is 2.08. The minimum Gasteiger partial charge on any atom is -0.504 e. The maximum Gasteiger partial charge on any atom is 0.162 e. The highest BCUT2D eigenvalue weighted by atomic mass is 35.5. The van der Waals surface area contributed by atoms with Crippen molar-refractivity contribution in [1.29, 1.82) is 0 Å². The average molecular weight is 340 g/mol. The predicted molar refractivity (Wildman–Crippen MR) is 91.0 cm³/mol. The summed E-state index contributed by atoms with van der Waals surface area (Å²) in [6, 6.07) is 10.9. The highest BCUT2D eigenvalue weighted by molar-refractivity contribution is 6.35. The molecule has 0 aliphatic heterocycles. The Labute approximate surface area is 140 Å². The largest absolute Gasteiger partial charge is 0.504 e. The summed E-state index contributed by atoms with van der Waals surface area (Å²) < 4.78 is 5.39.